The molecule has 0 bridgehead atoms. The van der Waals surface area contributed by atoms with Crippen LogP contribution in [-0.2, 0) is 9.31 Å². The van der Waals surface area contributed by atoms with E-state index in [0.717, 1.165) is 11.0 Å². The Morgan fingerprint density at radius 1 is 1.12 bits per heavy atom. The molecule has 0 unspecified atom stereocenters. The fourth-order valence-electron chi connectivity index (χ4n) is 3.17. The number of rotatable bonds is 2. The number of piperidine rings is 1. The van der Waals surface area contributed by atoms with Crippen molar-refractivity contribution in [1.29, 1.82) is 0 Å². The lowest BCUT2D eigenvalue weighted by molar-refractivity contribution is -0.0560. The molecular weight excluding hydrogens is 346 g/mol. The van der Waals surface area contributed by atoms with Crippen LogP contribution in [0.3, 0.4) is 0 Å². The maximum Gasteiger partial charge on any atom is 0.494 e. The average molecular weight is 369 g/mol. The van der Waals surface area contributed by atoms with Crippen LogP contribution in [0.5, 0.6) is 0 Å². The molecule has 0 radical (unpaired) electrons. The van der Waals surface area contributed by atoms with Gasteiger partial charge in [0.1, 0.15) is 5.82 Å². The number of amides is 1. The van der Waals surface area contributed by atoms with Gasteiger partial charge in [-0.05, 0) is 57.8 Å². The molecule has 0 saturated carbocycles. The van der Waals surface area contributed by atoms with Gasteiger partial charge in [-0.2, -0.15) is 0 Å². The summed E-state index contributed by atoms with van der Waals surface area (Å²) in [4.78, 5) is 13.7. The molecule has 2 saturated heterocycles. The Kier molecular flexibility index (Phi) is 4.64. The molecule has 142 valence electrons. The maximum atomic E-state index is 14.1. The molecule has 2 fully saturated rings. The third-order valence-electron chi connectivity index (χ3n) is 5.37. The topological polar surface area (TPSA) is 38.8 Å². The first-order valence-corrected chi connectivity index (χ1v) is 8.73. The second kappa shape index (κ2) is 6.27. The predicted molar refractivity (Wildman–Crippen MR) is 92.2 cm³/mol. The first-order valence-electron chi connectivity index (χ1n) is 8.73. The van der Waals surface area contributed by atoms with Crippen LogP contribution in [0.1, 0.15) is 50.9 Å². The van der Waals surface area contributed by atoms with Crippen LogP contribution in [0.2, 0.25) is 0 Å². The van der Waals surface area contributed by atoms with Crippen molar-refractivity contribution in [2.75, 3.05) is 13.1 Å². The van der Waals surface area contributed by atoms with Crippen LogP contribution in [0.15, 0.2) is 18.2 Å². The van der Waals surface area contributed by atoms with Crippen molar-refractivity contribution in [2.45, 2.75) is 57.7 Å². The Labute approximate surface area is 151 Å². The van der Waals surface area contributed by atoms with Crippen molar-refractivity contribution in [3.05, 3.63) is 29.6 Å². The van der Waals surface area contributed by atoms with Crippen molar-refractivity contribution in [3.8, 4) is 0 Å². The molecule has 2 heterocycles. The largest absolute Gasteiger partial charge is 0.494 e. The fourth-order valence-corrected chi connectivity index (χ4v) is 3.17. The van der Waals surface area contributed by atoms with Gasteiger partial charge in [-0.1, -0.05) is 0 Å². The first-order chi connectivity index (χ1) is 11.9. The molecule has 4 nitrogen and oxygen atoms in total. The monoisotopic (exact) mass is 369 g/mol. The minimum absolute atomic E-state index is 0.0208. The summed E-state index contributed by atoms with van der Waals surface area (Å²) in [5, 5.41) is 0. The maximum absolute atomic E-state index is 14.1. The number of halogens is 3. The van der Waals surface area contributed by atoms with Gasteiger partial charge in [0.2, 0.25) is 0 Å². The highest BCUT2D eigenvalue weighted by molar-refractivity contribution is 6.62. The fraction of sp³-hybridized carbons (Fsp3) is 0.611. The summed E-state index contributed by atoms with van der Waals surface area (Å²) in [6.45, 7) is 7.07. The average Bonchev–Trinajstić information content (AvgIpc) is 2.73. The van der Waals surface area contributed by atoms with E-state index in [9.17, 15) is 18.0 Å². The van der Waals surface area contributed by atoms with Gasteiger partial charge < -0.3 is 14.2 Å². The lowest BCUT2D eigenvalue weighted by Gasteiger charge is -2.32. The lowest BCUT2D eigenvalue weighted by Crippen LogP contribution is -2.46. The smallest absolute Gasteiger partial charge is 0.399 e. The van der Waals surface area contributed by atoms with Gasteiger partial charge in [0.05, 0.1) is 17.7 Å². The molecule has 0 aromatic heterocycles. The zero-order chi connectivity index (χ0) is 19.3. The minimum atomic E-state index is -2.91. The molecule has 2 aliphatic rings. The molecule has 26 heavy (non-hydrogen) atoms. The van der Waals surface area contributed by atoms with Crippen molar-refractivity contribution in [3.63, 3.8) is 0 Å². The van der Waals surface area contributed by atoms with Crippen LogP contribution >= 0.6 is 0 Å². The number of hydrogen-bond acceptors (Lipinski definition) is 3. The van der Waals surface area contributed by atoms with E-state index in [4.69, 9.17) is 9.31 Å². The highest BCUT2D eigenvalue weighted by atomic mass is 19.3. The van der Waals surface area contributed by atoms with E-state index < -0.39 is 42.5 Å². The second-order valence-electron chi connectivity index (χ2n) is 8.05. The van der Waals surface area contributed by atoms with E-state index in [0.29, 0.717) is 5.46 Å². The molecule has 0 aliphatic carbocycles. The van der Waals surface area contributed by atoms with Crippen molar-refractivity contribution < 1.29 is 27.3 Å². The number of benzene rings is 1. The molecule has 1 aromatic rings. The SMILES string of the molecule is CC1(C)OB(c2cc(F)cc(C(=O)N3CCCC(F)(F)C3)c2)OC1(C)C. The minimum Gasteiger partial charge on any atom is -0.399 e. The molecular formula is C18H23BF3NO3. The second-order valence-corrected chi connectivity index (χ2v) is 8.05. The number of nitrogens with zero attached hydrogens (tertiary/aromatic N) is 1. The summed E-state index contributed by atoms with van der Waals surface area (Å²) in [5.74, 6) is -4.15. The molecule has 0 N–H and O–H groups in total. The third-order valence-corrected chi connectivity index (χ3v) is 5.37. The molecule has 0 spiro atoms. The first kappa shape index (κ1) is 19.2. The molecule has 2 aliphatic heterocycles. The van der Waals surface area contributed by atoms with Gasteiger partial charge in [0.25, 0.3) is 11.8 Å². The van der Waals surface area contributed by atoms with E-state index >= 15 is 0 Å². The van der Waals surface area contributed by atoms with Crippen LogP contribution in [0.4, 0.5) is 13.2 Å². The quantitative estimate of drug-likeness (QED) is 0.753. The van der Waals surface area contributed by atoms with E-state index in [1.54, 1.807) is 0 Å². The highest BCUT2D eigenvalue weighted by Crippen LogP contribution is 2.36. The normalized spacial score (nSPS) is 24.0. The van der Waals surface area contributed by atoms with E-state index in [-0.39, 0.29) is 24.9 Å². The zero-order valence-electron chi connectivity index (χ0n) is 15.4. The number of alkyl halides is 2. The zero-order valence-corrected chi connectivity index (χ0v) is 15.4. The van der Waals surface area contributed by atoms with Crippen molar-refractivity contribution in [1.82, 2.24) is 4.90 Å². The van der Waals surface area contributed by atoms with Crippen molar-refractivity contribution in [2.24, 2.45) is 0 Å². The predicted octanol–water partition coefficient (Wildman–Crippen LogP) is 3.00. The summed E-state index contributed by atoms with van der Waals surface area (Å²) in [7, 11) is -0.829. The van der Waals surface area contributed by atoms with E-state index in [2.05, 4.69) is 0 Å². The van der Waals surface area contributed by atoms with Gasteiger partial charge >= 0.3 is 7.12 Å². The van der Waals surface area contributed by atoms with E-state index in [1.807, 2.05) is 27.7 Å². The number of hydrogen-bond donors (Lipinski definition) is 0. The van der Waals surface area contributed by atoms with Crippen LogP contribution < -0.4 is 5.46 Å². The van der Waals surface area contributed by atoms with Gasteiger partial charge in [0, 0.05) is 18.5 Å². The Morgan fingerprint density at radius 2 is 1.73 bits per heavy atom. The van der Waals surface area contributed by atoms with Gasteiger partial charge in [-0.15, -0.1) is 0 Å². The van der Waals surface area contributed by atoms with Gasteiger partial charge in [-0.3, -0.25) is 4.79 Å². The van der Waals surface area contributed by atoms with Crippen LogP contribution in [0.25, 0.3) is 0 Å². The van der Waals surface area contributed by atoms with Crippen LogP contribution in [-0.4, -0.2) is 48.1 Å². The standard InChI is InChI=1S/C18H23BF3NO3/c1-16(2)17(3,4)26-19(25-16)13-8-12(9-14(20)10-13)15(24)23-7-5-6-18(21,22)11-23/h8-10H,5-7,11H2,1-4H3. The lowest BCUT2D eigenvalue weighted by atomic mass is 9.78. The number of carbonyl (C=O) groups excluding carboxylic acids is 1. The van der Waals surface area contributed by atoms with Gasteiger partial charge in [-0.25, -0.2) is 13.2 Å². The summed E-state index contributed by atoms with van der Waals surface area (Å²) in [6.07, 6.45) is -0.0166. The van der Waals surface area contributed by atoms with Gasteiger partial charge in [0.15, 0.2) is 0 Å². The summed E-state index contributed by atoms with van der Waals surface area (Å²) >= 11 is 0. The molecule has 8 heteroatoms. The number of likely N-dealkylation sites (tertiary alicyclic amines) is 1. The number of carbonyl (C=O) groups is 1. The molecule has 1 amide bonds. The summed E-state index contributed by atoms with van der Waals surface area (Å²) in [5.41, 5.74) is -0.838. The summed E-state index contributed by atoms with van der Waals surface area (Å²) in [6, 6.07) is 3.76. The Hall–Kier alpha value is -1.54. The highest BCUT2D eigenvalue weighted by Gasteiger charge is 2.52. The Bertz CT molecular complexity index is 708. The van der Waals surface area contributed by atoms with Crippen molar-refractivity contribution >= 4 is 18.5 Å². The molecule has 3 rings (SSSR count). The Balaban J connectivity index is 1.86. The van der Waals surface area contributed by atoms with Crippen LogP contribution in [0, 0.1) is 5.82 Å². The Morgan fingerprint density at radius 3 is 2.31 bits per heavy atom. The van der Waals surface area contributed by atoms with E-state index in [1.165, 1.54) is 12.1 Å². The third kappa shape index (κ3) is 3.62. The molecule has 0 atom stereocenters. The molecule has 1 aromatic carbocycles. The summed E-state index contributed by atoms with van der Waals surface area (Å²) < 4.78 is 53.1.